The van der Waals surface area contributed by atoms with Crippen LogP contribution in [0.4, 0.5) is 9.59 Å². The van der Waals surface area contributed by atoms with E-state index in [1.807, 2.05) is 84.9 Å². The lowest BCUT2D eigenvalue weighted by atomic mass is 9.74. The van der Waals surface area contributed by atoms with Crippen LogP contribution in [0.2, 0.25) is 0 Å². The Hall–Kier alpha value is -3.39. The summed E-state index contributed by atoms with van der Waals surface area (Å²) in [5.74, 6) is -0.0859. The number of fused-ring (bicyclic) bond motifs is 2. The van der Waals surface area contributed by atoms with Crippen molar-refractivity contribution >= 4 is 18.0 Å². The van der Waals surface area contributed by atoms with Gasteiger partial charge >= 0.3 is 12.2 Å². The molecule has 0 aromatic heterocycles. The Morgan fingerprint density at radius 3 is 2.20 bits per heavy atom. The molecule has 0 spiro atoms. The summed E-state index contributed by atoms with van der Waals surface area (Å²) in [5, 5.41) is 17.1. The minimum Gasteiger partial charge on any atom is -0.444 e. The van der Waals surface area contributed by atoms with Crippen molar-refractivity contribution in [3.05, 3.63) is 69.8 Å². The number of aliphatic hydroxyl groups is 1. The van der Waals surface area contributed by atoms with Gasteiger partial charge in [0.05, 0.1) is 18.2 Å². The largest absolute Gasteiger partial charge is 0.444 e. The maximum absolute atomic E-state index is 12.9. The molecule has 0 saturated carbocycles. The molecule has 2 amide bonds. The van der Waals surface area contributed by atoms with E-state index in [1.165, 1.54) is 0 Å². The molecule has 4 atom stereocenters. The molecule has 216 valence electrons. The predicted octanol–water partition coefficient (Wildman–Crippen LogP) is 6.40. The number of aliphatic hydroxyl groups excluding tert-OH is 1. The normalized spacial score (nSPS) is 22.6. The molecule has 40 heavy (non-hydrogen) atoms. The Bertz CT molecular complexity index is 1290. The van der Waals surface area contributed by atoms with Crippen molar-refractivity contribution in [2.75, 3.05) is 0 Å². The number of carbonyl (C=O) groups is 3. The molecule has 0 fully saturated rings. The number of nitrogens with one attached hydrogen (secondary N) is 2. The quantitative estimate of drug-likeness (QED) is 0.406. The highest BCUT2D eigenvalue weighted by molar-refractivity contribution is 5.99. The van der Waals surface area contributed by atoms with Gasteiger partial charge in [0.15, 0.2) is 5.78 Å². The number of amides is 2. The van der Waals surface area contributed by atoms with Crippen molar-refractivity contribution in [1.82, 2.24) is 10.6 Å². The molecule has 0 bridgehead atoms. The van der Waals surface area contributed by atoms with E-state index in [1.54, 1.807) is 0 Å². The average molecular weight is 551 g/mol. The fraction of sp³-hybridized carbons (Fsp3) is 0.531. The first-order valence-corrected chi connectivity index (χ1v) is 14.0. The Balaban J connectivity index is 1.63. The maximum Gasteiger partial charge on any atom is 0.408 e. The Morgan fingerprint density at radius 1 is 0.900 bits per heavy atom. The van der Waals surface area contributed by atoms with Gasteiger partial charge in [0.25, 0.3) is 0 Å². The first-order chi connectivity index (χ1) is 18.6. The zero-order valence-corrected chi connectivity index (χ0v) is 24.6. The Morgan fingerprint density at radius 2 is 1.55 bits per heavy atom. The van der Waals surface area contributed by atoms with E-state index in [0.717, 1.165) is 27.8 Å². The number of hydrogen-bond acceptors (Lipinski definition) is 6. The van der Waals surface area contributed by atoms with Gasteiger partial charge in [-0.05, 0) is 95.9 Å². The predicted molar refractivity (Wildman–Crippen MR) is 152 cm³/mol. The molecule has 2 aromatic carbocycles. The molecule has 0 radical (unpaired) electrons. The van der Waals surface area contributed by atoms with Gasteiger partial charge in [-0.25, -0.2) is 9.59 Å². The molecule has 0 aliphatic heterocycles. The Labute approximate surface area is 236 Å². The summed E-state index contributed by atoms with van der Waals surface area (Å²) in [7, 11) is 0. The van der Waals surface area contributed by atoms with Gasteiger partial charge in [-0.15, -0.1) is 0 Å². The van der Waals surface area contributed by atoms with Gasteiger partial charge in [-0.3, -0.25) is 4.79 Å². The molecule has 2 aliphatic carbocycles. The number of hydrogen-bond donors (Lipinski definition) is 3. The topological polar surface area (TPSA) is 114 Å². The minimum atomic E-state index is -0.668. The summed E-state index contributed by atoms with van der Waals surface area (Å²) in [5.41, 5.74) is 3.76. The van der Waals surface area contributed by atoms with Crippen molar-refractivity contribution < 1.29 is 29.0 Å². The van der Waals surface area contributed by atoms with Crippen LogP contribution in [0.5, 0.6) is 0 Å². The van der Waals surface area contributed by atoms with E-state index >= 15 is 0 Å². The van der Waals surface area contributed by atoms with Crippen LogP contribution in [0, 0.1) is 12.8 Å². The highest BCUT2D eigenvalue weighted by Gasteiger charge is 2.37. The minimum absolute atomic E-state index is 0.0470. The summed E-state index contributed by atoms with van der Waals surface area (Å²) in [6.07, 6.45) is 0.137. The van der Waals surface area contributed by atoms with Gasteiger partial charge in [0.2, 0.25) is 0 Å². The SMILES string of the molecule is Cc1ccc2c(c1)[C@@H](NC(=O)OC(C)(C)C)C(Cc1ccc3c(c1)[C@@H](NC(=O)OC(C)(C)C)CCC3=O)C[C@@H]2O. The fourth-order valence-corrected chi connectivity index (χ4v) is 5.65. The molecule has 0 heterocycles. The molecule has 2 aromatic rings. The first-order valence-electron chi connectivity index (χ1n) is 14.0. The van der Waals surface area contributed by atoms with Crippen LogP contribution >= 0.6 is 0 Å². The summed E-state index contributed by atoms with van der Waals surface area (Å²) < 4.78 is 11.0. The van der Waals surface area contributed by atoms with Gasteiger partial charge < -0.3 is 25.2 Å². The van der Waals surface area contributed by atoms with Crippen molar-refractivity contribution in [3.8, 4) is 0 Å². The molecule has 4 rings (SSSR count). The summed E-state index contributed by atoms with van der Waals surface area (Å²) in [4.78, 5) is 38.1. The van der Waals surface area contributed by atoms with Crippen LogP contribution in [-0.2, 0) is 15.9 Å². The summed E-state index contributed by atoms with van der Waals surface area (Å²) in [6, 6.07) is 10.9. The highest BCUT2D eigenvalue weighted by atomic mass is 16.6. The third-order valence-electron chi connectivity index (χ3n) is 7.25. The van der Waals surface area contributed by atoms with Crippen molar-refractivity contribution in [2.24, 2.45) is 5.92 Å². The summed E-state index contributed by atoms with van der Waals surface area (Å²) >= 11 is 0. The number of Topliss-reactive ketones (excluding diaryl/α,β-unsaturated/α-hetero) is 1. The van der Waals surface area contributed by atoms with Gasteiger partial charge in [-0.2, -0.15) is 0 Å². The van der Waals surface area contributed by atoms with E-state index in [0.29, 0.717) is 31.2 Å². The molecule has 8 nitrogen and oxygen atoms in total. The summed E-state index contributed by atoms with van der Waals surface area (Å²) in [6.45, 7) is 12.9. The van der Waals surface area contributed by atoms with E-state index < -0.39 is 29.5 Å². The smallest absolute Gasteiger partial charge is 0.408 e. The number of rotatable bonds is 4. The average Bonchev–Trinajstić information content (AvgIpc) is 2.81. The monoisotopic (exact) mass is 550 g/mol. The van der Waals surface area contributed by atoms with Crippen molar-refractivity contribution in [3.63, 3.8) is 0 Å². The van der Waals surface area contributed by atoms with Crippen LogP contribution < -0.4 is 10.6 Å². The van der Waals surface area contributed by atoms with E-state index in [9.17, 15) is 19.5 Å². The van der Waals surface area contributed by atoms with Gasteiger partial charge in [0, 0.05) is 12.0 Å². The maximum atomic E-state index is 12.9. The lowest BCUT2D eigenvalue weighted by molar-refractivity contribution is 0.0442. The van der Waals surface area contributed by atoms with E-state index in [-0.39, 0.29) is 23.8 Å². The number of ether oxygens (including phenoxy) is 2. The number of alkyl carbamates (subject to hydrolysis) is 2. The third kappa shape index (κ3) is 7.22. The van der Waals surface area contributed by atoms with Crippen LogP contribution in [-0.4, -0.2) is 34.3 Å². The van der Waals surface area contributed by atoms with Crippen LogP contribution in [0.15, 0.2) is 36.4 Å². The third-order valence-corrected chi connectivity index (χ3v) is 7.25. The van der Waals surface area contributed by atoms with Crippen molar-refractivity contribution in [1.29, 1.82) is 0 Å². The first kappa shape index (κ1) is 29.6. The zero-order valence-electron chi connectivity index (χ0n) is 24.6. The number of aryl methyl sites for hydroxylation is 1. The molecule has 2 aliphatic rings. The Kier molecular flexibility index (Phi) is 8.31. The molecule has 1 unspecified atom stereocenters. The van der Waals surface area contributed by atoms with Gasteiger partial charge in [-0.1, -0.05) is 42.0 Å². The van der Waals surface area contributed by atoms with E-state index in [4.69, 9.17) is 9.47 Å². The number of carbonyl (C=O) groups excluding carboxylic acids is 3. The number of benzene rings is 2. The molecule has 3 N–H and O–H groups in total. The van der Waals surface area contributed by atoms with Crippen LogP contribution in [0.25, 0.3) is 0 Å². The lowest BCUT2D eigenvalue weighted by Gasteiger charge is -2.37. The molecular weight excluding hydrogens is 508 g/mol. The van der Waals surface area contributed by atoms with Gasteiger partial charge in [0.1, 0.15) is 11.2 Å². The molecular formula is C32H42N2O6. The lowest BCUT2D eigenvalue weighted by Crippen LogP contribution is -2.41. The van der Waals surface area contributed by atoms with Crippen LogP contribution in [0.3, 0.4) is 0 Å². The second-order valence-corrected chi connectivity index (χ2v) is 13.1. The fourth-order valence-electron chi connectivity index (χ4n) is 5.65. The van der Waals surface area contributed by atoms with Crippen molar-refractivity contribution in [2.45, 2.75) is 104 Å². The molecule has 0 saturated heterocycles. The second-order valence-electron chi connectivity index (χ2n) is 13.1. The second kappa shape index (κ2) is 11.2. The highest BCUT2D eigenvalue weighted by Crippen LogP contribution is 2.43. The standard InChI is InChI=1S/C32H42N2O6/c1-18-8-10-22-24(14-18)28(34-30(38)40-32(5,6)7)20(17-27(22)36)15-19-9-11-21-23(16-19)25(12-13-26(21)35)33-29(37)39-31(2,3)4/h8-11,14,16,20,25,27-28,36H,12-13,15,17H2,1-7H3,(H,33,37)(H,34,38)/t20?,25-,27-,28-/m0/s1. The number of ketones is 1. The molecule has 8 heteroatoms. The van der Waals surface area contributed by atoms with Crippen LogP contribution in [0.1, 0.15) is 117 Å². The van der Waals surface area contributed by atoms with E-state index in [2.05, 4.69) is 10.6 Å². The zero-order chi connectivity index (χ0) is 29.4.